The molecule has 0 saturated heterocycles. The van der Waals surface area contributed by atoms with Crippen LogP contribution in [0.15, 0.2) is 0 Å². The van der Waals surface area contributed by atoms with Crippen LogP contribution in [0, 0.1) is 0 Å². The number of unbranched alkanes of at least 4 members (excludes halogenated alkanes) is 1. The fourth-order valence-electron chi connectivity index (χ4n) is 1.11. The molecule has 14 heavy (non-hydrogen) atoms. The van der Waals surface area contributed by atoms with Crippen molar-refractivity contribution < 1.29 is 9.53 Å². The molecule has 0 aliphatic heterocycles. The molecule has 0 saturated carbocycles. The number of hydrogen-bond donors (Lipinski definition) is 2. The van der Waals surface area contributed by atoms with Gasteiger partial charge in [-0.05, 0) is 26.3 Å². The lowest BCUT2D eigenvalue weighted by Gasteiger charge is -2.04. The van der Waals surface area contributed by atoms with E-state index in [-0.39, 0.29) is 5.91 Å². The molecule has 0 fully saturated rings. The van der Waals surface area contributed by atoms with Gasteiger partial charge < -0.3 is 15.4 Å². The zero-order valence-corrected chi connectivity index (χ0v) is 9.27. The number of carbonyl (C=O) groups is 1. The van der Waals surface area contributed by atoms with E-state index in [9.17, 15) is 4.79 Å². The van der Waals surface area contributed by atoms with Crippen LogP contribution in [0.4, 0.5) is 0 Å². The van der Waals surface area contributed by atoms with E-state index in [4.69, 9.17) is 4.74 Å². The molecule has 0 aromatic carbocycles. The van der Waals surface area contributed by atoms with Crippen LogP contribution in [0.5, 0.6) is 0 Å². The predicted molar refractivity (Wildman–Crippen MR) is 57.3 cm³/mol. The SMILES string of the molecule is CCNC(=O)CCNCCCCOC. The summed E-state index contributed by atoms with van der Waals surface area (Å²) in [6.07, 6.45) is 2.74. The maximum Gasteiger partial charge on any atom is 0.221 e. The third kappa shape index (κ3) is 9.48. The molecular formula is C10H22N2O2. The van der Waals surface area contributed by atoms with Crippen molar-refractivity contribution in [2.24, 2.45) is 0 Å². The number of rotatable bonds is 9. The minimum atomic E-state index is 0.122. The van der Waals surface area contributed by atoms with E-state index >= 15 is 0 Å². The van der Waals surface area contributed by atoms with Gasteiger partial charge >= 0.3 is 0 Å². The van der Waals surface area contributed by atoms with E-state index in [0.29, 0.717) is 13.0 Å². The van der Waals surface area contributed by atoms with E-state index in [1.54, 1.807) is 7.11 Å². The maximum absolute atomic E-state index is 11.0. The highest BCUT2D eigenvalue weighted by Crippen LogP contribution is 1.86. The van der Waals surface area contributed by atoms with Gasteiger partial charge in [0.2, 0.25) is 5.91 Å². The predicted octanol–water partition coefficient (Wildman–Crippen LogP) is 0.529. The zero-order valence-electron chi connectivity index (χ0n) is 9.27. The molecular weight excluding hydrogens is 180 g/mol. The van der Waals surface area contributed by atoms with E-state index < -0.39 is 0 Å². The highest BCUT2D eigenvalue weighted by atomic mass is 16.5. The standard InChI is InChI=1S/C10H22N2O2/c1-3-12-10(13)6-8-11-7-4-5-9-14-2/h11H,3-9H2,1-2H3,(H,12,13). The molecule has 4 heteroatoms. The van der Waals surface area contributed by atoms with Crippen molar-refractivity contribution in [2.75, 3.05) is 33.4 Å². The van der Waals surface area contributed by atoms with Gasteiger partial charge in [-0.2, -0.15) is 0 Å². The summed E-state index contributed by atoms with van der Waals surface area (Å²) in [5, 5.41) is 5.98. The zero-order chi connectivity index (χ0) is 10.6. The van der Waals surface area contributed by atoms with E-state index in [1.807, 2.05) is 6.92 Å². The van der Waals surface area contributed by atoms with Gasteiger partial charge in [-0.3, -0.25) is 4.79 Å². The second-order valence-electron chi connectivity index (χ2n) is 3.15. The highest BCUT2D eigenvalue weighted by molar-refractivity contribution is 5.75. The molecule has 84 valence electrons. The summed E-state index contributed by atoms with van der Waals surface area (Å²) in [5.41, 5.74) is 0. The van der Waals surface area contributed by atoms with Crippen LogP contribution in [-0.2, 0) is 9.53 Å². The Kier molecular flexibility index (Phi) is 10.0. The number of hydrogen-bond acceptors (Lipinski definition) is 3. The summed E-state index contributed by atoms with van der Waals surface area (Å²) >= 11 is 0. The van der Waals surface area contributed by atoms with Gasteiger partial charge in [0.25, 0.3) is 0 Å². The summed E-state index contributed by atoms with van der Waals surface area (Å²) in [7, 11) is 1.71. The first-order valence-corrected chi connectivity index (χ1v) is 5.27. The van der Waals surface area contributed by atoms with Gasteiger partial charge in [0.1, 0.15) is 0 Å². The fraction of sp³-hybridized carbons (Fsp3) is 0.900. The average Bonchev–Trinajstić information content (AvgIpc) is 2.17. The minimum absolute atomic E-state index is 0.122. The Labute approximate surface area is 86.4 Å². The molecule has 0 atom stereocenters. The Morgan fingerprint density at radius 2 is 2.07 bits per heavy atom. The van der Waals surface area contributed by atoms with Gasteiger partial charge in [-0.15, -0.1) is 0 Å². The first-order chi connectivity index (χ1) is 6.81. The van der Waals surface area contributed by atoms with Crippen molar-refractivity contribution in [3.63, 3.8) is 0 Å². The van der Waals surface area contributed by atoms with Gasteiger partial charge in [-0.1, -0.05) is 0 Å². The number of methoxy groups -OCH3 is 1. The Morgan fingerprint density at radius 1 is 1.29 bits per heavy atom. The molecule has 0 heterocycles. The third-order valence-corrected chi connectivity index (χ3v) is 1.85. The Bertz CT molecular complexity index is 140. The lowest BCUT2D eigenvalue weighted by molar-refractivity contribution is -0.120. The van der Waals surface area contributed by atoms with Crippen LogP contribution < -0.4 is 10.6 Å². The van der Waals surface area contributed by atoms with Crippen LogP contribution in [0.2, 0.25) is 0 Å². The number of amides is 1. The monoisotopic (exact) mass is 202 g/mol. The average molecular weight is 202 g/mol. The van der Waals surface area contributed by atoms with Crippen molar-refractivity contribution in [1.82, 2.24) is 10.6 Å². The lowest BCUT2D eigenvalue weighted by Crippen LogP contribution is -2.27. The molecule has 4 nitrogen and oxygen atoms in total. The molecule has 0 rings (SSSR count). The molecule has 0 aromatic rings. The largest absolute Gasteiger partial charge is 0.385 e. The minimum Gasteiger partial charge on any atom is -0.385 e. The molecule has 1 amide bonds. The van der Waals surface area contributed by atoms with Crippen LogP contribution in [0.1, 0.15) is 26.2 Å². The summed E-state index contributed by atoms with van der Waals surface area (Å²) < 4.78 is 4.93. The molecule has 0 aliphatic carbocycles. The Balaban J connectivity index is 3.01. The van der Waals surface area contributed by atoms with Crippen LogP contribution in [0.25, 0.3) is 0 Å². The molecule has 2 N–H and O–H groups in total. The number of carbonyl (C=O) groups excluding carboxylic acids is 1. The first-order valence-electron chi connectivity index (χ1n) is 5.27. The smallest absolute Gasteiger partial charge is 0.221 e. The molecule has 0 unspecified atom stereocenters. The van der Waals surface area contributed by atoms with Gasteiger partial charge in [0.05, 0.1) is 0 Å². The Hall–Kier alpha value is -0.610. The molecule has 0 aromatic heterocycles. The third-order valence-electron chi connectivity index (χ3n) is 1.85. The fourth-order valence-corrected chi connectivity index (χ4v) is 1.11. The molecule has 0 radical (unpaired) electrons. The van der Waals surface area contributed by atoms with E-state index in [1.165, 1.54) is 0 Å². The summed E-state index contributed by atoms with van der Waals surface area (Å²) in [4.78, 5) is 11.0. The number of ether oxygens (including phenoxy) is 1. The van der Waals surface area contributed by atoms with Crippen molar-refractivity contribution in [3.05, 3.63) is 0 Å². The second-order valence-corrected chi connectivity index (χ2v) is 3.15. The van der Waals surface area contributed by atoms with Gasteiger partial charge in [0, 0.05) is 33.2 Å². The number of nitrogens with one attached hydrogen (secondary N) is 2. The first kappa shape index (κ1) is 13.4. The second kappa shape index (κ2) is 10.5. The highest BCUT2D eigenvalue weighted by Gasteiger charge is 1.97. The summed E-state index contributed by atoms with van der Waals surface area (Å²) in [6, 6.07) is 0. The quantitative estimate of drug-likeness (QED) is 0.536. The van der Waals surface area contributed by atoms with Crippen molar-refractivity contribution >= 4 is 5.91 Å². The van der Waals surface area contributed by atoms with Crippen LogP contribution >= 0.6 is 0 Å². The van der Waals surface area contributed by atoms with Gasteiger partial charge in [-0.25, -0.2) is 0 Å². The summed E-state index contributed by atoms with van der Waals surface area (Å²) in [5.74, 6) is 0.122. The normalized spacial score (nSPS) is 10.1. The lowest BCUT2D eigenvalue weighted by atomic mass is 10.3. The molecule has 0 spiro atoms. The Morgan fingerprint density at radius 3 is 2.71 bits per heavy atom. The van der Waals surface area contributed by atoms with E-state index in [0.717, 1.165) is 32.5 Å². The van der Waals surface area contributed by atoms with Crippen molar-refractivity contribution in [3.8, 4) is 0 Å². The molecule has 0 aliphatic rings. The molecule has 0 bridgehead atoms. The topological polar surface area (TPSA) is 50.4 Å². The van der Waals surface area contributed by atoms with Gasteiger partial charge in [0.15, 0.2) is 0 Å². The van der Waals surface area contributed by atoms with Crippen LogP contribution in [0.3, 0.4) is 0 Å². The van der Waals surface area contributed by atoms with Crippen LogP contribution in [-0.4, -0.2) is 39.3 Å². The van der Waals surface area contributed by atoms with E-state index in [2.05, 4.69) is 10.6 Å². The van der Waals surface area contributed by atoms with Crippen molar-refractivity contribution in [1.29, 1.82) is 0 Å². The van der Waals surface area contributed by atoms with Crippen molar-refractivity contribution in [2.45, 2.75) is 26.2 Å². The summed E-state index contributed by atoms with van der Waals surface area (Å²) in [6.45, 7) is 5.18. The maximum atomic E-state index is 11.0.